The molecule has 1 aliphatic carbocycles. The molecule has 0 saturated heterocycles. The Morgan fingerprint density at radius 2 is 1.00 bits per heavy atom. The molecule has 224 valence electrons. The summed E-state index contributed by atoms with van der Waals surface area (Å²) in [6.07, 6.45) is 0.882. The molecule has 1 N–H and O–H groups in total. The maximum absolute atomic E-state index is 9.44. The van der Waals surface area contributed by atoms with Crippen molar-refractivity contribution in [2.45, 2.75) is 6.42 Å². The first-order valence-corrected chi connectivity index (χ1v) is 16.3. The molecule has 0 heterocycles. The average Bonchev–Trinajstić information content (AvgIpc) is 3.51. The Hall–Kier alpha value is -5.70. The van der Waals surface area contributed by atoms with Gasteiger partial charge >= 0.3 is 0 Å². The molecule has 0 spiro atoms. The van der Waals surface area contributed by atoms with Crippen molar-refractivity contribution in [3.05, 3.63) is 163 Å². The number of hydrogen-bond donors (Lipinski definition) is 1. The SMILES string of the molecule is OCCOc1ccc(-c2cc(-c3ccc4ccccc4c3)cc3c2Cc2ccc(-c4ccc5ccccc5c4)cc2-3)c2ccccc12. The predicted octanol–water partition coefficient (Wildman–Crippen LogP) is 11.1. The lowest BCUT2D eigenvalue weighted by atomic mass is 9.88. The molecule has 0 amide bonds. The van der Waals surface area contributed by atoms with Gasteiger partial charge in [0.1, 0.15) is 12.4 Å². The zero-order valence-electron chi connectivity index (χ0n) is 25.9. The first-order valence-electron chi connectivity index (χ1n) is 16.3. The standard InChI is InChI=1S/C45H32O2/c46-21-22-47-45-20-19-39(38-11-5-6-12-40(38)45)42-27-37(34-16-14-30-8-2-4-10-32(30)24-34)28-43-41-25-35(17-18-36(41)26-44(42)43)33-15-13-29-7-1-3-9-31(29)23-33/h1-20,23-25,27-28,46H,21-22,26H2. The highest BCUT2D eigenvalue weighted by Gasteiger charge is 2.25. The highest BCUT2D eigenvalue weighted by molar-refractivity contribution is 6.03. The Balaban J connectivity index is 1.26. The van der Waals surface area contributed by atoms with Gasteiger partial charge in [-0.05, 0) is 125 Å². The third-order valence-corrected chi connectivity index (χ3v) is 9.71. The van der Waals surface area contributed by atoms with Gasteiger partial charge in [-0.15, -0.1) is 0 Å². The van der Waals surface area contributed by atoms with Crippen molar-refractivity contribution < 1.29 is 9.84 Å². The molecule has 0 unspecified atom stereocenters. The lowest BCUT2D eigenvalue weighted by molar-refractivity contribution is 0.203. The summed E-state index contributed by atoms with van der Waals surface area (Å²) in [6.45, 7) is 0.252. The molecular formula is C45H32O2. The second-order valence-corrected chi connectivity index (χ2v) is 12.5. The van der Waals surface area contributed by atoms with E-state index < -0.39 is 0 Å². The van der Waals surface area contributed by atoms with Crippen LogP contribution in [0.5, 0.6) is 5.75 Å². The van der Waals surface area contributed by atoms with Gasteiger partial charge in [0.15, 0.2) is 0 Å². The highest BCUT2D eigenvalue weighted by Crippen LogP contribution is 2.47. The van der Waals surface area contributed by atoms with Gasteiger partial charge in [0, 0.05) is 5.39 Å². The van der Waals surface area contributed by atoms with E-state index in [1.54, 1.807) is 0 Å². The zero-order valence-corrected chi connectivity index (χ0v) is 25.9. The largest absolute Gasteiger partial charge is 0.491 e. The molecule has 0 aliphatic heterocycles. The molecule has 0 atom stereocenters. The molecule has 8 aromatic rings. The van der Waals surface area contributed by atoms with Crippen molar-refractivity contribution in [1.29, 1.82) is 0 Å². The van der Waals surface area contributed by atoms with Crippen molar-refractivity contribution in [3.63, 3.8) is 0 Å². The zero-order chi connectivity index (χ0) is 31.3. The second kappa shape index (κ2) is 11.3. The molecular weight excluding hydrogens is 572 g/mol. The van der Waals surface area contributed by atoms with Gasteiger partial charge < -0.3 is 9.84 Å². The van der Waals surface area contributed by atoms with Gasteiger partial charge in [-0.25, -0.2) is 0 Å². The predicted molar refractivity (Wildman–Crippen MR) is 196 cm³/mol. The van der Waals surface area contributed by atoms with Crippen molar-refractivity contribution in [2.24, 2.45) is 0 Å². The monoisotopic (exact) mass is 604 g/mol. The summed E-state index contributed by atoms with van der Waals surface area (Å²) in [7, 11) is 0. The number of hydrogen-bond acceptors (Lipinski definition) is 2. The molecule has 47 heavy (non-hydrogen) atoms. The first-order chi connectivity index (χ1) is 23.2. The van der Waals surface area contributed by atoms with Gasteiger partial charge in [-0.1, -0.05) is 115 Å². The first kappa shape index (κ1) is 27.6. The van der Waals surface area contributed by atoms with Crippen molar-refractivity contribution in [3.8, 4) is 50.3 Å². The fourth-order valence-electron chi connectivity index (χ4n) is 7.39. The second-order valence-electron chi connectivity index (χ2n) is 12.5. The van der Waals surface area contributed by atoms with Crippen LogP contribution in [0.2, 0.25) is 0 Å². The van der Waals surface area contributed by atoms with E-state index in [1.165, 1.54) is 77.2 Å². The Kier molecular flexibility index (Phi) is 6.62. The molecule has 0 saturated carbocycles. The number of fused-ring (bicyclic) bond motifs is 6. The summed E-state index contributed by atoms with van der Waals surface area (Å²) in [5.74, 6) is 0.795. The number of aliphatic hydroxyl groups excluding tert-OH is 1. The molecule has 0 fully saturated rings. The van der Waals surface area contributed by atoms with Crippen LogP contribution in [0.3, 0.4) is 0 Å². The van der Waals surface area contributed by atoms with E-state index in [1.807, 2.05) is 0 Å². The minimum Gasteiger partial charge on any atom is -0.491 e. The van der Waals surface area contributed by atoms with E-state index in [-0.39, 0.29) is 13.2 Å². The van der Waals surface area contributed by atoms with Gasteiger partial charge in [-0.2, -0.15) is 0 Å². The summed E-state index contributed by atoms with van der Waals surface area (Å²) in [5, 5.41) is 16.6. The van der Waals surface area contributed by atoms with E-state index in [2.05, 4.69) is 152 Å². The number of rotatable bonds is 6. The maximum Gasteiger partial charge on any atom is 0.127 e. The van der Waals surface area contributed by atoms with Crippen LogP contribution in [-0.2, 0) is 6.42 Å². The minimum atomic E-state index is -0.0170. The summed E-state index contributed by atoms with van der Waals surface area (Å²) in [5.41, 5.74) is 12.6. The van der Waals surface area contributed by atoms with Crippen molar-refractivity contribution >= 4 is 32.3 Å². The lowest BCUT2D eigenvalue weighted by Crippen LogP contribution is -2.02. The summed E-state index contributed by atoms with van der Waals surface area (Å²) in [6, 6.07) is 55.2. The third-order valence-electron chi connectivity index (χ3n) is 9.71. The van der Waals surface area contributed by atoms with Gasteiger partial charge in [0.25, 0.3) is 0 Å². The maximum atomic E-state index is 9.44. The molecule has 2 nitrogen and oxygen atoms in total. The highest BCUT2D eigenvalue weighted by atomic mass is 16.5. The Labute approximate surface area is 274 Å². The minimum absolute atomic E-state index is 0.0170. The Bertz CT molecular complexity index is 2490. The van der Waals surface area contributed by atoms with E-state index in [4.69, 9.17) is 4.74 Å². The van der Waals surface area contributed by atoms with Crippen molar-refractivity contribution in [2.75, 3.05) is 13.2 Å². The van der Waals surface area contributed by atoms with Crippen LogP contribution in [0.15, 0.2) is 152 Å². The number of ether oxygens (including phenoxy) is 1. The quantitative estimate of drug-likeness (QED) is 0.205. The molecule has 1 aliphatic rings. The average molecular weight is 605 g/mol. The van der Waals surface area contributed by atoms with Gasteiger partial charge in [0.05, 0.1) is 6.61 Å². The van der Waals surface area contributed by atoms with Crippen LogP contribution >= 0.6 is 0 Å². The molecule has 0 aromatic heterocycles. The molecule has 0 radical (unpaired) electrons. The van der Waals surface area contributed by atoms with E-state index >= 15 is 0 Å². The summed E-state index contributed by atoms with van der Waals surface area (Å²) >= 11 is 0. The van der Waals surface area contributed by atoms with E-state index in [9.17, 15) is 5.11 Å². The Morgan fingerprint density at radius 1 is 0.447 bits per heavy atom. The van der Waals surface area contributed by atoms with Crippen LogP contribution in [0.25, 0.3) is 76.8 Å². The van der Waals surface area contributed by atoms with Crippen LogP contribution in [0, 0.1) is 0 Å². The third kappa shape index (κ3) is 4.77. The van der Waals surface area contributed by atoms with E-state index in [0.717, 1.165) is 22.9 Å². The van der Waals surface area contributed by atoms with Crippen LogP contribution in [0.4, 0.5) is 0 Å². The van der Waals surface area contributed by atoms with Gasteiger partial charge in [-0.3, -0.25) is 0 Å². The molecule has 2 heteroatoms. The van der Waals surface area contributed by atoms with Crippen molar-refractivity contribution in [1.82, 2.24) is 0 Å². The van der Waals surface area contributed by atoms with Crippen LogP contribution < -0.4 is 4.74 Å². The topological polar surface area (TPSA) is 29.5 Å². The fraction of sp³-hybridized carbons (Fsp3) is 0.0667. The summed E-state index contributed by atoms with van der Waals surface area (Å²) in [4.78, 5) is 0. The van der Waals surface area contributed by atoms with Gasteiger partial charge in [0.2, 0.25) is 0 Å². The van der Waals surface area contributed by atoms with E-state index in [0.29, 0.717) is 0 Å². The smallest absolute Gasteiger partial charge is 0.127 e. The van der Waals surface area contributed by atoms with Crippen LogP contribution in [0.1, 0.15) is 11.1 Å². The van der Waals surface area contributed by atoms with Crippen LogP contribution in [-0.4, -0.2) is 18.3 Å². The Morgan fingerprint density at radius 3 is 1.70 bits per heavy atom. The number of benzene rings is 8. The number of aliphatic hydroxyl groups is 1. The lowest BCUT2D eigenvalue weighted by Gasteiger charge is -2.17. The molecule has 0 bridgehead atoms. The normalized spacial score (nSPS) is 12.0. The molecule has 9 rings (SSSR count). The molecule has 8 aromatic carbocycles. The summed E-state index contributed by atoms with van der Waals surface area (Å²) < 4.78 is 5.97. The fourth-order valence-corrected chi connectivity index (χ4v) is 7.39.